The molecule has 0 saturated heterocycles. The Morgan fingerprint density at radius 3 is 2.48 bits per heavy atom. The van der Waals surface area contributed by atoms with Gasteiger partial charge in [0.2, 0.25) is 5.91 Å². The SMILES string of the molecule is O=C(CCNC(=O)c1ccc(Br)cc1)Nc1ccc(Cl)cc1F. The maximum Gasteiger partial charge on any atom is 0.251 e. The van der Waals surface area contributed by atoms with E-state index >= 15 is 0 Å². The third kappa shape index (κ3) is 5.33. The van der Waals surface area contributed by atoms with Gasteiger partial charge >= 0.3 is 0 Å². The van der Waals surface area contributed by atoms with Gasteiger partial charge in [-0.2, -0.15) is 0 Å². The molecular formula is C16H13BrClFN2O2. The van der Waals surface area contributed by atoms with Crippen LogP contribution in [0.5, 0.6) is 0 Å². The van der Waals surface area contributed by atoms with Gasteiger partial charge in [-0.3, -0.25) is 9.59 Å². The van der Waals surface area contributed by atoms with Gasteiger partial charge in [-0.25, -0.2) is 4.39 Å². The lowest BCUT2D eigenvalue weighted by Crippen LogP contribution is -2.27. The Bertz CT molecular complexity index is 723. The molecule has 2 aromatic carbocycles. The summed E-state index contributed by atoms with van der Waals surface area (Å²) in [5, 5.41) is 5.31. The highest BCUT2D eigenvalue weighted by Gasteiger charge is 2.09. The van der Waals surface area contributed by atoms with E-state index in [2.05, 4.69) is 26.6 Å². The van der Waals surface area contributed by atoms with Crippen LogP contribution in [0.25, 0.3) is 0 Å². The molecule has 0 aromatic heterocycles. The Balaban J connectivity index is 1.80. The van der Waals surface area contributed by atoms with Crippen molar-refractivity contribution in [3.63, 3.8) is 0 Å². The molecule has 0 aliphatic rings. The van der Waals surface area contributed by atoms with Crippen molar-refractivity contribution in [2.45, 2.75) is 6.42 Å². The van der Waals surface area contributed by atoms with Crippen LogP contribution in [0.3, 0.4) is 0 Å². The Morgan fingerprint density at radius 2 is 1.83 bits per heavy atom. The molecular weight excluding hydrogens is 387 g/mol. The third-order valence-corrected chi connectivity index (χ3v) is 3.71. The molecule has 4 nitrogen and oxygen atoms in total. The van der Waals surface area contributed by atoms with Crippen molar-refractivity contribution >= 4 is 45.0 Å². The molecule has 2 N–H and O–H groups in total. The normalized spacial score (nSPS) is 10.2. The lowest BCUT2D eigenvalue weighted by atomic mass is 10.2. The summed E-state index contributed by atoms with van der Waals surface area (Å²) in [6.07, 6.45) is 0.0321. The van der Waals surface area contributed by atoms with Gasteiger partial charge in [0.05, 0.1) is 5.69 Å². The number of carbonyl (C=O) groups excluding carboxylic acids is 2. The summed E-state index contributed by atoms with van der Waals surface area (Å²) in [6.45, 7) is 0.149. The molecule has 0 radical (unpaired) electrons. The molecule has 0 aliphatic carbocycles. The second-order valence-corrected chi connectivity index (χ2v) is 6.04. The van der Waals surface area contributed by atoms with E-state index < -0.39 is 11.7 Å². The van der Waals surface area contributed by atoms with Crippen molar-refractivity contribution in [3.8, 4) is 0 Å². The number of hydrogen-bond donors (Lipinski definition) is 2. The van der Waals surface area contributed by atoms with Gasteiger partial charge in [0.15, 0.2) is 0 Å². The smallest absolute Gasteiger partial charge is 0.251 e. The van der Waals surface area contributed by atoms with Gasteiger partial charge in [0.1, 0.15) is 5.82 Å². The summed E-state index contributed by atoms with van der Waals surface area (Å²) >= 11 is 8.92. The van der Waals surface area contributed by atoms with Crippen molar-refractivity contribution in [3.05, 3.63) is 63.3 Å². The number of halogens is 3. The lowest BCUT2D eigenvalue weighted by molar-refractivity contribution is -0.116. The molecule has 0 spiro atoms. The topological polar surface area (TPSA) is 58.2 Å². The average molecular weight is 400 g/mol. The summed E-state index contributed by atoms with van der Waals surface area (Å²) in [6, 6.07) is 10.8. The van der Waals surface area contributed by atoms with Crippen LogP contribution in [0.15, 0.2) is 46.9 Å². The largest absolute Gasteiger partial charge is 0.352 e. The molecule has 2 aromatic rings. The quantitative estimate of drug-likeness (QED) is 0.798. The van der Waals surface area contributed by atoms with Crippen LogP contribution in [0.2, 0.25) is 5.02 Å². The number of benzene rings is 2. The fraction of sp³-hybridized carbons (Fsp3) is 0.125. The summed E-state index contributed by atoms with van der Waals surface area (Å²) in [7, 11) is 0. The van der Waals surface area contributed by atoms with Gasteiger partial charge in [-0.1, -0.05) is 27.5 Å². The summed E-state index contributed by atoms with van der Waals surface area (Å²) in [5.41, 5.74) is 0.552. The molecule has 0 heterocycles. The maximum atomic E-state index is 13.5. The van der Waals surface area contributed by atoms with Crippen molar-refractivity contribution in [2.75, 3.05) is 11.9 Å². The number of rotatable bonds is 5. The molecule has 0 unspecified atom stereocenters. The van der Waals surface area contributed by atoms with Gasteiger partial charge in [-0.15, -0.1) is 0 Å². The first-order valence-corrected chi connectivity index (χ1v) is 7.91. The zero-order valence-corrected chi connectivity index (χ0v) is 14.2. The van der Waals surface area contributed by atoms with Gasteiger partial charge in [0, 0.05) is 28.0 Å². The van der Waals surface area contributed by atoms with E-state index in [1.54, 1.807) is 24.3 Å². The Morgan fingerprint density at radius 1 is 1.13 bits per heavy atom. The summed E-state index contributed by atoms with van der Waals surface area (Å²) in [5.74, 6) is -1.28. The highest BCUT2D eigenvalue weighted by atomic mass is 79.9. The van der Waals surface area contributed by atoms with E-state index in [0.29, 0.717) is 5.56 Å². The first kappa shape index (κ1) is 17.4. The summed E-state index contributed by atoms with van der Waals surface area (Å²) in [4.78, 5) is 23.6. The number of amides is 2. The minimum absolute atomic E-state index is 0.0321. The number of carbonyl (C=O) groups is 2. The molecule has 2 amide bonds. The van der Waals surface area contributed by atoms with Crippen LogP contribution < -0.4 is 10.6 Å². The van der Waals surface area contributed by atoms with Crippen LogP contribution >= 0.6 is 27.5 Å². The van der Waals surface area contributed by atoms with E-state index in [4.69, 9.17) is 11.6 Å². The Kier molecular flexibility index (Phi) is 6.12. The Hall–Kier alpha value is -1.92. The highest BCUT2D eigenvalue weighted by molar-refractivity contribution is 9.10. The fourth-order valence-corrected chi connectivity index (χ4v) is 2.22. The predicted octanol–water partition coefficient (Wildman–Crippen LogP) is 4.00. The molecule has 7 heteroatoms. The number of hydrogen-bond acceptors (Lipinski definition) is 2. The van der Waals surface area contributed by atoms with E-state index in [-0.39, 0.29) is 29.6 Å². The van der Waals surface area contributed by atoms with Crippen LogP contribution in [-0.4, -0.2) is 18.4 Å². The molecule has 0 fully saturated rings. The molecule has 0 aliphatic heterocycles. The van der Waals surface area contributed by atoms with E-state index in [1.807, 2.05) is 0 Å². The van der Waals surface area contributed by atoms with E-state index in [9.17, 15) is 14.0 Å². The Labute approximate surface area is 146 Å². The van der Waals surface area contributed by atoms with Crippen LogP contribution in [0.1, 0.15) is 16.8 Å². The maximum absolute atomic E-state index is 13.5. The van der Waals surface area contributed by atoms with E-state index in [0.717, 1.165) is 10.5 Å². The standard InChI is InChI=1S/C16H13BrClFN2O2/c17-11-3-1-10(2-4-11)16(23)20-8-7-15(22)21-14-6-5-12(18)9-13(14)19/h1-6,9H,7-8H2,(H,20,23)(H,21,22). The average Bonchev–Trinajstić information content (AvgIpc) is 2.50. The number of nitrogens with one attached hydrogen (secondary N) is 2. The molecule has 0 bridgehead atoms. The van der Waals surface area contributed by atoms with Crippen LogP contribution in [0.4, 0.5) is 10.1 Å². The molecule has 23 heavy (non-hydrogen) atoms. The van der Waals surface area contributed by atoms with Crippen molar-refractivity contribution in [2.24, 2.45) is 0 Å². The predicted molar refractivity (Wildman–Crippen MR) is 91.1 cm³/mol. The minimum Gasteiger partial charge on any atom is -0.352 e. The van der Waals surface area contributed by atoms with Gasteiger partial charge in [-0.05, 0) is 42.5 Å². The van der Waals surface area contributed by atoms with E-state index in [1.165, 1.54) is 12.1 Å². The molecule has 0 atom stereocenters. The second-order valence-electron chi connectivity index (χ2n) is 4.69. The highest BCUT2D eigenvalue weighted by Crippen LogP contribution is 2.18. The molecule has 120 valence electrons. The lowest BCUT2D eigenvalue weighted by Gasteiger charge is -2.08. The first-order chi connectivity index (χ1) is 11.0. The third-order valence-electron chi connectivity index (χ3n) is 2.95. The van der Waals surface area contributed by atoms with Gasteiger partial charge < -0.3 is 10.6 Å². The fourth-order valence-electron chi connectivity index (χ4n) is 1.80. The van der Waals surface area contributed by atoms with Crippen molar-refractivity contribution in [1.82, 2.24) is 5.32 Å². The number of anilines is 1. The molecule has 2 rings (SSSR count). The minimum atomic E-state index is -0.607. The van der Waals surface area contributed by atoms with Crippen molar-refractivity contribution < 1.29 is 14.0 Å². The second kappa shape index (κ2) is 8.08. The van der Waals surface area contributed by atoms with Crippen LogP contribution in [-0.2, 0) is 4.79 Å². The van der Waals surface area contributed by atoms with Gasteiger partial charge in [0.25, 0.3) is 5.91 Å². The summed E-state index contributed by atoms with van der Waals surface area (Å²) < 4.78 is 14.4. The first-order valence-electron chi connectivity index (χ1n) is 6.74. The molecule has 0 saturated carbocycles. The van der Waals surface area contributed by atoms with Crippen LogP contribution in [0, 0.1) is 5.82 Å². The monoisotopic (exact) mass is 398 g/mol. The zero-order chi connectivity index (χ0) is 16.8. The van der Waals surface area contributed by atoms with Crippen molar-refractivity contribution in [1.29, 1.82) is 0 Å². The zero-order valence-electron chi connectivity index (χ0n) is 11.9.